The van der Waals surface area contributed by atoms with Gasteiger partial charge in [0.15, 0.2) is 5.82 Å². The van der Waals surface area contributed by atoms with Crippen LogP contribution in [-0.2, 0) is 22.7 Å². The van der Waals surface area contributed by atoms with Gasteiger partial charge in [0.05, 0.1) is 25.8 Å². The van der Waals surface area contributed by atoms with E-state index in [1.807, 2.05) is 42.7 Å². The molecule has 5 rings (SSSR count). The third-order valence-corrected chi connectivity index (χ3v) is 7.66. The fraction of sp³-hybridized carbons (Fsp3) is 0.259. The number of nitrogens with zero attached hydrogens (tertiary/aromatic N) is 4. The van der Waals surface area contributed by atoms with Crippen LogP contribution < -0.4 is 5.32 Å². The molecule has 0 radical (unpaired) electrons. The van der Waals surface area contributed by atoms with Gasteiger partial charge in [-0.3, -0.25) is 14.4 Å². The molecule has 8 nitrogen and oxygen atoms in total. The molecule has 190 valence electrons. The fourth-order valence-electron chi connectivity index (χ4n) is 4.40. The molecule has 0 bridgehead atoms. The monoisotopic (exact) mass is 519 g/mol. The highest BCUT2D eigenvalue weighted by Crippen LogP contribution is 2.40. The predicted molar refractivity (Wildman–Crippen MR) is 140 cm³/mol. The Morgan fingerprint density at radius 2 is 1.86 bits per heavy atom. The van der Waals surface area contributed by atoms with Crippen molar-refractivity contribution in [3.63, 3.8) is 0 Å². The molecule has 1 aliphatic rings. The quantitative estimate of drug-likeness (QED) is 0.345. The lowest BCUT2D eigenvalue weighted by molar-refractivity contribution is -0.141. The molecule has 0 fully saturated rings. The summed E-state index contributed by atoms with van der Waals surface area (Å²) in [4.78, 5) is 18.1. The largest absolute Gasteiger partial charge is 0.469 e. The number of ether oxygens (including phenoxy) is 1. The van der Waals surface area contributed by atoms with Gasteiger partial charge in [-0.25, -0.2) is 4.39 Å². The molecule has 4 aromatic rings. The van der Waals surface area contributed by atoms with Crippen LogP contribution in [0.1, 0.15) is 51.2 Å². The van der Waals surface area contributed by atoms with E-state index in [0.29, 0.717) is 23.9 Å². The van der Waals surface area contributed by atoms with E-state index in [-0.39, 0.29) is 18.8 Å². The summed E-state index contributed by atoms with van der Waals surface area (Å²) in [5.41, 5.74) is 5.27. The van der Waals surface area contributed by atoms with Gasteiger partial charge in [0.1, 0.15) is 22.7 Å². The molecule has 10 heteroatoms. The van der Waals surface area contributed by atoms with Crippen LogP contribution in [0.15, 0.2) is 53.5 Å². The minimum atomic E-state index is -0.587. The number of aromatic nitrogens is 3. The molecule has 2 aromatic carbocycles. The van der Waals surface area contributed by atoms with Gasteiger partial charge in [-0.15, -0.1) is 21.5 Å². The number of aliphatic hydroxyl groups excluding tert-OH is 1. The molecule has 37 heavy (non-hydrogen) atoms. The number of hydrogen-bond acceptors (Lipinski definition) is 8. The van der Waals surface area contributed by atoms with E-state index in [0.717, 1.165) is 37.8 Å². The lowest BCUT2D eigenvalue weighted by Gasteiger charge is -2.12. The number of halogens is 1. The molecule has 0 aliphatic carbocycles. The summed E-state index contributed by atoms with van der Waals surface area (Å²) in [5, 5.41) is 22.8. The number of esters is 1. The number of nitrogens with one attached hydrogen (secondary N) is 1. The molecule has 3 heterocycles. The van der Waals surface area contributed by atoms with Crippen LogP contribution in [0, 0.1) is 19.7 Å². The van der Waals surface area contributed by atoms with Crippen LogP contribution in [0.2, 0.25) is 0 Å². The highest BCUT2D eigenvalue weighted by Gasteiger charge is 2.33. The second-order valence-electron chi connectivity index (χ2n) is 8.76. The van der Waals surface area contributed by atoms with Crippen LogP contribution >= 0.6 is 11.3 Å². The van der Waals surface area contributed by atoms with Crippen LogP contribution in [0.3, 0.4) is 0 Å². The first-order valence-corrected chi connectivity index (χ1v) is 12.6. The van der Waals surface area contributed by atoms with E-state index in [4.69, 9.17) is 9.73 Å². The maximum atomic E-state index is 13.2. The molecule has 1 aliphatic heterocycles. The van der Waals surface area contributed by atoms with Crippen LogP contribution in [0.4, 0.5) is 10.1 Å². The Hall–Kier alpha value is -3.89. The molecule has 0 saturated carbocycles. The van der Waals surface area contributed by atoms with Crippen molar-refractivity contribution in [3.8, 4) is 5.00 Å². The topological polar surface area (TPSA) is 102 Å². The lowest BCUT2D eigenvalue weighted by atomic mass is 9.99. The third-order valence-electron chi connectivity index (χ3n) is 6.40. The minimum Gasteiger partial charge on any atom is -0.469 e. The van der Waals surface area contributed by atoms with E-state index in [2.05, 4.69) is 15.5 Å². The standard InChI is InChI=1S/C27H26FN5O3S/c1-15-22(14-34)37-27-24(15)25(30-21(12-23(35)36-3)26-32-31-16(2)33(26)27)18-6-10-20(11-7-18)29-13-17-4-8-19(28)9-5-17/h4-11,21,29,34H,12-14H2,1-3H3/t21-/m0/s1. The van der Waals surface area contributed by atoms with Gasteiger partial charge >= 0.3 is 5.97 Å². The van der Waals surface area contributed by atoms with Crippen molar-refractivity contribution in [2.45, 2.75) is 39.5 Å². The first-order valence-electron chi connectivity index (χ1n) is 11.8. The second-order valence-corrected chi connectivity index (χ2v) is 9.84. The van der Waals surface area contributed by atoms with Gasteiger partial charge in [-0.05, 0) is 49.2 Å². The van der Waals surface area contributed by atoms with E-state index in [1.54, 1.807) is 12.1 Å². The number of carbonyl (C=O) groups excluding carboxylic acids is 1. The van der Waals surface area contributed by atoms with Gasteiger partial charge in [-0.2, -0.15) is 0 Å². The Balaban J connectivity index is 1.55. The molecular weight excluding hydrogens is 493 g/mol. The number of thiophene rings is 1. The molecular formula is C27H26FN5O3S. The van der Waals surface area contributed by atoms with Gasteiger partial charge in [-0.1, -0.05) is 24.3 Å². The number of fused-ring (bicyclic) bond motifs is 3. The zero-order valence-corrected chi connectivity index (χ0v) is 21.5. The molecule has 2 N–H and O–H groups in total. The van der Waals surface area contributed by atoms with Crippen molar-refractivity contribution in [1.82, 2.24) is 14.8 Å². The molecule has 0 saturated heterocycles. The van der Waals surface area contributed by atoms with E-state index >= 15 is 0 Å². The predicted octanol–water partition coefficient (Wildman–Crippen LogP) is 4.64. The van der Waals surface area contributed by atoms with Crippen molar-refractivity contribution in [1.29, 1.82) is 0 Å². The number of rotatable bonds is 7. The Kier molecular flexibility index (Phi) is 6.86. The van der Waals surface area contributed by atoms with Crippen molar-refractivity contribution < 1.29 is 19.0 Å². The molecule has 0 unspecified atom stereocenters. The van der Waals surface area contributed by atoms with E-state index in [9.17, 15) is 14.3 Å². The van der Waals surface area contributed by atoms with Crippen molar-refractivity contribution in [2.75, 3.05) is 12.4 Å². The normalized spacial score (nSPS) is 14.4. The number of methoxy groups -OCH3 is 1. The summed E-state index contributed by atoms with van der Waals surface area (Å²) >= 11 is 1.47. The van der Waals surface area contributed by atoms with Gasteiger partial charge < -0.3 is 15.2 Å². The number of aliphatic imine (C=N–C) groups is 1. The van der Waals surface area contributed by atoms with Crippen LogP contribution in [0.25, 0.3) is 5.00 Å². The SMILES string of the molecule is COC(=O)C[C@@H]1N=C(c2ccc(NCc3ccc(F)cc3)cc2)c2c(sc(CO)c2C)-n2c(C)nnc21. The average Bonchev–Trinajstić information content (AvgIpc) is 3.41. The van der Waals surface area contributed by atoms with Crippen molar-refractivity contribution in [3.05, 3.63) is 93.1 Å². The number of hydrogen-bond donors (Lipinski definition) is 2. The molecule has 1 atom stereocenters. The summed E-state index contributed by atoms with van der Waals surface area (Å²) < 4.78 is 20.0. The summed E-state index contributed by atoms with van der Waals surface area (Å²) in [7, 11) is 1.35. The maximum Gasteiger partial charge on any atom is 0.308 e. The molecule has 2 aromatic heterocycles. The molecule has 0 amide bonds. The van der Waals surface area contributed by atoms with Gasteiger partial charge in [0, 0.05) is 28.2 Å². The highest BCUT2D eigenvalue weighted by atomic mass is 32.1. The number of aryl methyl sites for hydroxylation is 1. The number of benzene rings is 2. The Morgan fingerprint density at radius 3 is 2.54 bits per heavy atom. The number of anilines is 1. The zero-order valence-electron chi connectivity index (χ0n) is 20.7. The highest BCUT2D eigenvalue weighted by molar-refractivity contribution is 7.15. The summed E-state index contributed by atoms with van der Waals surface area (Å²) in [5.74, 6) is 0.581. The first-order chi connectivity index (χ1) is 17.9. The van der Waals surface area contributed by atoms with E-state index in [1.165, 1.54) is 30.6 Å². The van der Waals surface area contributed by atoms with Crippen LogP contribution in [0.5, 0.6) is 0 Å². The zero-order chi connectivity index (χ0) is 26.1. The van der Waals surface area contributed by atoms with E-state index < -0.39 is 12.0 Å². The fourth-order valence-corrected chi connectivity index (χ4v) is 5.63. The third kappa shape index (κ3) is 4.77. The number of aliphatic hydroxyl groups is 1. The molecule has 0 spiro atoms. The van der Waals surface area contributed by atoms with Crippen molar-refractivity contribution >= 4 is 28.7 Å². The smallest absolute Gasteiger partial charge is 0.308 e. The Bertz CT molecular complexity index is 1480. The Labute approximate surface area is 217 Å². The summed E-state index contributed by atoms with van der Waals surface area (Å²) in [6, 6.07) is 13.7. The number of carbonyl (C=O) groups is 1. The lowest BCUT2D eigenvalue weighted by Crippen LogP contribution is -2.12. The average molecular weight is 520 g/mol. The summed E-state index contributed by atoms with van der Waals surface area (Å²) in [6.45, 7) is 4.29. The van der Waals surface area contributed by atoms with Gasteiger partial charge in [0.25, 0.3) is 0 Å². The Morgan fingerprint density at radius 1 is 1.14 bits per heavy atom. The summed E-state index contributed by atoms with van der Waals surface area (Å²) in [6.07, 6.45) is 0.0241. The van der Waals surface area contributed by atoms with Crippen molar-refractivity contribution in [2.24, 2.45) is 4.99 Å². The minimum absolute atomic E-state index is 0.0241. The maximum absolute atomic E-state index is 13.2. The van der Waals surface area contributed by atoms with Gasteiger partial charge in [0.2, 0.25) is 0 Å². The second kappa shape index (κ2) is 10.2. The first kappa shape index (κ1) is 24.8. The van der Waals surface area contributed by atoms with Crippen LogP contribution in [-0.4, -0.2) is 38.7 Å².